The van der Waals surface area contributed by atoms with E-state index >= 15 is 0 Å². The summed E-state index contributed by atoms with van der Waals surface area (Å²) in [5.41, 5.74) is 28.6. The molecule has 0 saturated carbocycles. The second-order valence-electron chi connectivity index (χ2n) is 26.5. The number of fused-ring (bicyclic) bond motifs is 16. The van der Waals surface area contributed by atoms with Crippen LogP contribution >= 0.6 is 0 Å². The van der Waals surface area contributed by atoms with Crippen molar-refractivity contribution in [3.8, 4) is 33.4 Å². The summed E-state index contributed by atoms with van der Waals surface area (Å²) in [6, 6.07) is 97.5. The first-order valence-corrected chi connectivity index (χ1v) is 33.9. The van der Waals surface area contributed by atoms with E-state index in [-0.39, 0.29) is 0 Å². The summed E-state index contributed by atoms with van der Waals surface area (Å²) in [6.45, 7) is 17.8. The molecule has 12 aromatic carbocycles. The molecule has 6 nitrogen and oxygen atoms in total. The molecule has 0 aliphatic heterocycles. The lowest BCUT2D eigenvalue weighted by atomic mass is 9.89. The van der Waals surface area contributed by atoms with Gasteiger partial charge in [-0.2, -0.15) is 0 Å². The molecule has 6 heteroatoms. The van der Waals surface area contributed by atoms with Gasteiger partial charge in [0.05, 0.1) is 55.9 Å². The molecule has 0 spiro atoms. The molecule has 98 heavy (non-hydrogen) atoms. The van der Waals surface area contributed by atoms with Crippen LogP contribution in [0, 0.1) is 6.92 Å². The number of rotatable bonds is 13. The molecule has 466 valence electrons. The van der Waals surface area contributed by atoms with Crippen LogP contribution in [0.15, 0.2) is 318 Å². The highest BCUT2D eigenvalue weighted by molar-refractivity contribution is 6.38. The minimum Gasteiger partial charge on any atom is -0.454 e. The largest absolute Gasteiger partial charge is 0.454 e. The van der Waals surface area contributed by atoms with Crippen molar-refractivity contribution in [2.45, 2.75) is 40.5 Å². The number of para-hydroxylation sites is 5. The lowest BCUT2D eigenvalue weighted by Crippen LogP contribution is -2.22. The molecule has 6 aromatic heterocycles. The smallest absolute Gasteiger partial charge is 0.155 e. The van der Waals surface area contributed by atoms with Crippen molar-refractivity contribution in [2.75, 3.05) is 9.80 Å². The minimum absolute atomic E-state index is 0.811. The van der Waals surface area contributed by atoms with Crippen LogP contribution in [0.4, 0.5) is 17.1 Å². The third-order valence-corrected chi connectivity index (χ3v) is 20.9. The zero-order valence-electron chi connectivity index (χ0n) is 55.0. The number of anilines is 3. The number of hydrogen-bond donors (Lipinski definition) is 0. The average Bonchev–Trinajstić information content (AvgIpc) is 1.49. The van der Waals surface area contributed by atoms with Gasteiger partial charge in [-0.3, -0.25) is 0 Å². The number of allylic oxidation sites excluding steroid dienone is 5. The lowest BCUT2D eigenvalue weighted by molar-refractivity contribution is 0.586. The van der Waals surface area contributed by atoms with Gasteiger partial charge in [0, 0.05) is 98.6 Å². The molecule has 0 bridgehead atoms. The highest BCUT2D eigenvalue weighted by Crippen LogP contribution is 2.56. The van der Waals surface area contributed by atoms with Gasteiger partial charge < -0.3 is 27.4 Å². The Labute approximate surface area is 567 Å². The number of aryl methyl sites for hydroxylation is 2. The molecule has 0 atom stereocenters. The van der Waals surface area contributed by atoms with Gasteiger partial charge in [0.25, 0.3) is 0 Å². The zero-order chi connectivity index (χ0) is 65.6. The van der Waals surface area contributed by atoms with E-state index in [1.807, 2.05) is 18.2 Å². The van der Waals surface area contributed by atoms with Gasteiger partial charge >= 0.3 is 0 Å². The van der Waals surface area contributed by atoms with Gasteiger partial charge in [-0.1, -0.05) is 232 Å². The van der Waals surface area contributed by atoms with Crippen molar-refractivity contribution in [2.24, 2.45) is 0 Å². The molecule has 0 radical (unpaired) electrons. The fraction of sp³-hybridized carbons (Fsp3) is 0.0652. The van der Waals surface area contributed by atoms with Crippen molar-refractivity contribution in [1.82, 2.24) is 8.80 Å². The van der Waals surface area contributed by atoms with E-state index in [4.69, 9.17) is 8.83 Å². The van der Waals surface area contributed by atoms with Crippen LogP contribution in [0.3, 0.4) is 0 Å². The average molecular weight is 1260 g/mol. The molecule has 0 unspecified atom stereocenters. The van der Waals surface area contributed by atoms with E-state index in [1.54, 1.807) is 0 Å². The third-order valence-electron chi connectivity index (χ3n) is 20.9. The Balaban J connectivity index is 0.902. The van der Waals surface area contributed by atoms with Crippen LogP contribution in [0.1, 0.15) is 55.4 Å². The highest BCUT2D eigenvalue weighted by atomic mass is 16.3. The van der Waals surface area contributed by atoms with Gasteiger partial charge in [0.15, 0.2) is 11.5 Å². The molecule has 19 rings (SSSR count). The van der Waals surface area contributed by atoms with E-state index in [2.05, 4.69) is 320 Å². The first-order valence-electron chi connectivity index (χ1n) is 33.9. The second-order valence-corrected chi connectivity index (χ2v) is 26.5. The predicted octanol–water partition coefficient (Wildman–Crippen LogP) is 25.3. The Morgan fingerprint density at radius 3 is 1.52 bits per heavy atom. The molecule has 0 fully saturated rings. The van der Waals surface area contributed by atoms with Crippen LogP contribution in [0.5, 0.6) is 0 Å². The molecular weight excluding hydrogens is 1190 g/mol. The number of nitrogens with zero attached hydrogens (tertiary/aromatic N) is 4. The topological polar surface area (TPSA) is 41.6 Å². The molecule has 6 heterocycles. The Kier molecular flexibility index (Phi) is 12.9. The third kappa shape index (κ3) is 8.21. The molecule has 1 aliphatic carbocycles. The molecule has 18 aromatic rings. The van der Waals surface area contributed by atoms with Gasteiger partial charge in [0.1, 0.15) is 11.2 Å². The number of hydrogen-bond acceptors (Lipinski definition) is 4. The quantitative estimate of drug-likeness (QED) is 0.108. The van der Waals surface area contributed by atoms with Crippen LogP contribution in [0.25, 0.3) is 148 Å². The summed E-state index contributed by atoms with van der Waals surface area (Å²) in [6.07, 6.45) is 5.77. The van der Waals surface area contributed by atoms with Crippen molar-refractivity contribution in [1.29, 1.82) is 0 Å². The highest BCUT2D eigenvalue weighted by Gasteiger charge is 2.35. The predicted molar refractivity (Wildman–Crippen MR) is 413 cm³/mol. The SMILES string of the molecule is C=C/C(=C(/C=C)N(C(=C(C)C)c1oc2ccccc2c1C)c1ccc2c(c1)c1cccc3c4c(-c5ccccc5)c5c(c(-c6ccccc6)c4n2c13)c1cccc2c3cc(N(C4=C(C)CCc6c4oc4ccccc64)c4ccccc4-c4ccccc4)ccc3n5c21)c1ccccc1. The summed E-state index contributed by atoms with van der Waals surface area (Å²) in [5.74, 6) is 1.75. The molecule has 0 amide bonds. The minimum atomic E-state index is 0.811. The normalized spacial score (nSPS) is 13.0. The van der Waals surface area contributed by atoms with Gasteiger partial charge in [-0.15, -0.1) is 0 Å². The summed E-state index contributed by atoms with van der Waals surface area (Å²) >= 11 is 0. The summed E-state index contributed by atoms with van der Waals surface area (Å²) < 4.78 is 19.2. The maximum Gasteiger partial charge on any atom is 0.155 e. The second kappa shape index (κ2) is 22.1. The molecule has 0 N–H and O–H groups in total. The molecule has 0 saturated heterocycles. The lowest BCUT2D eigenvalue weighted by Gasteiger charge is -2.32. The van der Waals surface area contributed by atoms with Gasteiger partial charge in [0.2, 0.25) is 0 Å². The summed E-state index contributed by atoms with van der Waals surface area (Å²) in [7, 11) is 0. The van der Waals surface area contributed by atoms with E-state index < -0.39 is 0 Å². The maximum atomic E-state index is 7.05. The van der Waals surface area contributed by atoms with Crippen molar-refractivity contribution in [3.05, 3.63) is 337 Å². The van der Waals surface area contributed by atoms with Gasteiger partial charge in [-0.05, 0) is 135 Å². The Morgan fingerprint density at radius 2 is 0.939 bits per heavy atom. The Hall–Kier alpha value is -12.4. The monoisotopic (exact) mass is 1260 g/mol. The zero-order valence-corrected chi connectivity index (χ0v) is 55.0. The first kappa shape index (κ1) is 57.1. The van der Waals surface area contributed by atoms with Crippen molar-refractivity contribution < 1.29 is 8.83 Å². The standard InChI is InChI=1S/C92H66N4O2/c1-7-64(58-29-13-9-14-30-58)75(8-2)93(85(55(3)4)91-57(6)65-37-22-25-45-79(65)97-91)62-48-51-77-73(53-62)68-40-27-42-71-83-82(61-35-19-12-20-36-61)90-84(81(60-33-17-11-18-34-60)89(83)95(77)87(68)71)72-43-28-41-69-74-54-63(49-52-78(74)96(90)88(69)72)94(76-44-24-21-38-66(76)59-31-15-10-16-32-59)86-56(5)47-50-70-67-39-23-26-46-80(67)98-92(70)86/h7-46,48-49,51-54H,1-2,47,50H2,3-6H3/b75-64+. The van der Waals surface area contributed by atoms with Crippen LogP contribution < -0.4 is 9.80 Å². The first-order chi connectivity index (χ1) is 48.3. The maximum absolute atomic E-state index is 7.05. The van der Waals surface area contributed by atoms with Gasteiger partial charge in [-0.25, -0.2) is 0 Å². The van der Waals surface area contributed by atoms with Crippen LogP contribution in [-0.2, 0) is 6.42 Å². The fourth-order valence-electron chi connectivity index (χ4n) is 16.8. The van der Waals surface area contributed by atoms with Crippen LogP contribution in [0.2, 0.25) is 0 Å². The summed E-state index contributed by atoms with van der Waals surface area (Å²) in [5, 5.41) is 11.8. The number of aromatic nitrogens is 2. The number of furan rings is 2. The fourth-order valence-corrected chi connectivity index (χ4v) is 16.8. The molecule has 1 aliphatic rings. The van der Waals surface area contributed by atoms with Crippen LogP contribution in [-0.4, -0.2) is 8.80 Å². The Morgan fingerprint density at radius 1 is 0.439 bits per heavy atom. The summed E-state index contributed by atoms with van der Waals surface area (Å²) in [4.78, 5) is 4.85. The van der Waals surface area contributed by atoms with E-state index in [0.29, 0.717) is 0 Å². The van der Waals surface area contributed by atoms with Crippen molar-refractivity contribution in [3.63, 3.8) is 0 Å². The van der Waals surface area contributed by atoms with E-state index in [1.165, 1.54) is 87.4 Å². The van der Waals surface area contributed by atoms with E-state index in [9.17, 15) is 0 Å². The Bertz CT molecular complexity index is 6430. The van der Waals surface area contributed by atoms with E-state index in [0.717, 1.165) is 136 Å². The van der Waals surface area contributed by atoms with Crippen molar-refractivity contribution >= 4 is 132 Å². The number of benzene rings is 12. The molecular formula is C92H66N4O2.